The fourth-order valence-corrected chi connectivity index (χ4v) is 3.98. The molecule has 0 saturated carbocycles. The van der Waals surface area contributed by atoms with Crippen molar-refractivity contribution < 1.29 is 18.0 Å². The molecule has 3 N–H and O–H groups in total. The molecule has 0 atom stereocenters. The van der Waals surface area contributed by atoms with Crippen LogP contribution < -0.4 is 10.5 Å². The number of sulfonamides is 1. The second-order valence-electron chi connectivity index (χ2n) is 6.51. The molecule has 0 amide bonds. The SMILES string of the molecule is NS(=O)(=O)c1ccc(NC2(c3ccccc3)C(=O)c3ccccc3C2=O)cc1. The first-order valence-corrected chi connectivity index (χ1v) is 10.0. The molecule has 7 heteroatoms. The summed E-state index contributed by atoms with van der Waals surface area (Å²) < 4.78 is 23.0. The van der Waals surface area contributed by atoms with Gasteiger partial charge in [-0.2, -0.15) is 0 Å². The van der Waals surface area contributed by atoms with Crippen LogP contribution in [0.3, 0.4) is 0 Å². The van der Waals surface area contributed by atoms with Crippen LogP contribution in [0.15, 0.2) is 83.8 Å². The van der Waals surface area contributed by atoms with Crippen LogP contribution in [0.5, 0.6) is 0 Å². The highest BCUT2D eigenvalue weighted by Crippen LogP contribution is 2.40. The van der Waals surface area contributed by atoms with Crippen molar-refractivity contribution in [3.05, 3.63) is 95.6 Å². The van der Waals surface area contributed by atoms with E-state index in [-0.39, 0.29) is 16.5 Å². The van der Waals surface area contributed by atoms with Crippen LogP contribution in [0.1, 0.15) is 26.3 Å². The summed E-state index contributed by atoms with van der Waals surface area (Å²) in [7, 11) is -3.84. The van der Waals surface area contributed by atoms with Gasteiger partial charge in [0.1, 0.15) is 0 Å². The van der Waals surface area contributed by atoms with Crippen molar-refractivity contribution in [1.29, 1.82) is 0 Å². The summed E-state index contributed by atoms with van der Waals surface area (Å²) in [5.41, 5.74) is 0.0196. The van der Waals surface area contributed by atoms with E-state index in [0.717, 1.165) is 0 Å². The highest BCUT2D eigenvalue weighted by Gasteiger charge is 2.54. The van der Waals surface area contributed by atoms with Crippen molar-refractivity contribution in [1.82, 2.24) is 0 Å². The Hall–Kier alpha value is -3.29. The maximum Gasteiger partial charge on any atom is 0.238 e. The topological polar surface area (TPSA) is 106 Å². The van der Waals surface area contributed by atoms with Crippen LogP contribution in [0.25, 0.3) is 0 Å². The van der Waals surface area contributed by atoms with Crippen LogP contribution in [-0.2, 0) is 15.6 Å². The normalized spacial score (nSPS) is 15.3. The molecule has 0 radical (unpaired) electrons. The van der Waals surface area contributed by atoms with E-state index in [0.29, 0.717) is 22.4 Å². The molecule has 0 fully saturated rings. The van der Waals surface area contributed by atoms with Gasteiger partial charge in [-0.25, -0.2) is 13.6 Å². The van der Waals surface area contributed by atoms with E-state index in [1.807, 2.05) is 0 Å². The standard InChI is InChI=1S/C21H16N2O4S/c22-28(26,27)16-12-10-15(11-13-16)23-21(14-6-2-1-3-7-14)19(24)17-8-4-5-9-18(17)20(21)25/h1-13,23H,(H2,22,26,27). The summed E-state index contributed by atoms with van der Waals surface area (Å²) in [5, 5.41) is 8.19. The van der Waals surface area contributed by atoms with Crippen molar-refractivity contribution in [3.63, 3.8) is 0 Å². The number of ketones is 2. The van der Waals surface area contributed by atoms with E-state index >= 15 is 0 Å². The third-order valence-electron chi connectivity index (χ3n) is 4.82. The minimum Gasteiger partial charge on any atom is -0.363 e. The number of primary sulfonamides is 1. The van der Waals surface area contributed by atoms with E-state index < -0.39 is 15.6 Å². The highest BCUT2D eigenvalue weighted by atomic mass is 32.2. The van der Waals surface area contributed by atoms with E-state index in [9.17, 15) is 18.0 Å². The Morgan fingerprint density at radius 3 is 1.71 bits per heavy atom. The molecule has 1 aliphatic carbocycles. The number of hydrogen-bond acceptors (Lipinski definition) is 5. The number of hydrogen-bond donors (Lipinski definition) is 2. The predicted molar refractivity (Wildman–Crippen MR) is 105 cm³/mol. The average Bonchev–Trinajstić information content (AvgIpc) is 2.91. The van der Waals surface area contributed by atoms with Crippen molar-refractivity contribution in [2.45, 2.75) is 10.4 Å². The maximum atomic E-state index is 13.4. The molecular weight excluding hydrogens is 376 g/mol. The van der Waals surface area contributed by atoms with E-state index in [4.69, 9.17) is 5.14 Å². The van der Waals surface area contributed by atoms with Crippen LogP contribution >= 0.6 is 0 Å². The zero-order valence-corrected chi connectivity index (χ0v) is 15.4. The molecule has 0 spiro atoms. The number of Topliss-reactive ketones (excluding diaryl/α,β-unsaturated/α-hetero) is 2. The zero-order valence-electron chi connectivity index (χ0n) is 14.6. The van der Waals surface area contributed by atoms with E-state index in [1.165, 1.54) is 24.3 Å². The fraction of sp³-hybridized carbons (Fsp3) is 0.0476. The number of nitrogens with one attached hydrogen (secondary N) is 1. The lowest BCUT2D eigenvalue weighted by Crippen LogP contribution is -2.46. The molecule has 0 aromatic heterocycles. The summed E-state index contributed by atoms with van der Waals surface area (Å²) in [6, 6.07) is 21.0. The maximum absolute atomic E-state index is 13.4. The Morgan fingerprint density at radius 1 is 0.714 bits per heavy atom. The Labute approximate surface area is 162 Å². The van der Waals surface area contributed by atoms with Crippen molar-refractivity contribution in [3.8, 4) is 0 Å². The molecule has 3 aromatic carbocycles. The molecule has 28 heavy (non-hydrogen) atoms. The number of carbonyl (C=O) groups excluding carboxylic acids is 2. The Bertz CT molecular complexity index is 1150. The smallest absolute Gasteiger partial charge is 0.238 e. The molecule has 0 heterocycles. The quantitative estimate of drug-likeness (QED) is 0.664. The van der Waals surface area contributed by atoms with Crippen molar-refractivity contribution in [2.24, 2.45) is 5.14 Å². The fourth-order valence-electron chi connectivity index (χ4n) is 3.47. The molecule has 0 aliphatic heterocycles. The van der Waals surface area contributed by atoms with Crippen LogP contribution in [0.2, 0.25) is 0 Å². The number of nitrogens with two attached hydrogens (primary N) is 1. The first-order valence-electron chi connectivity index (χ1n) is 8.49. The largest absolute Gasteiger partial charge is 0.363 e. The Balaban J connectivity index is 1.85. The summed E-state index contributed by atoms with van der Waals surface area (Å²) in [6.07, 6.45) is 0. The lowest BCUT2D eigenvalue weighted by Gasteiger charge is -2.29. The number of anilines is 1. The molecule has 4 rings (SSSR count). The minimum absolute atomic E-state index is 0.0563. The number of benzene rings is 3. The van der Waals surface area contributed by atoms with Gasteiger partial charge in [-0.3, -0.25) is 9.59 Å². The Morgan fingerprint density at radius 2 is 1.21 bits per heavy atom. The predicted octanol–water partition coefficient (Wildman–Crippen LogP) is 2.72. The van der Waals surface area contributed by atoms with Gasteiger partial charge in [-0.05, 0) is 29.8 Å². The molecule has 6 nitrogen and oxygen atoms in total. The van der Waals surface area contributed by atoms with Gasteiger partial charge < -0.3 is 5.32 Å². The van der Waals surface area contributed by atoms with Gasteiger partial charge in [0.15, 0.2) is 5.54 Å². The number of fused-ring (bicyclic) bond motifs is 1. The van der Waals surface area contributed by atoms with E-state index in [2.05, 4.69) is 5.32 Å². The van der Waals surface area contributed by atoms with Crippen molar-refractivity contribution in [2.75, 3.05) is 5.32 Å². The third-order valence-corrected chi connectivity index (χ3v) is 5.75. The summed E-state index contributed by atoms with van der Waals surface area (Å²) in [6.45, 7) is 0. The van der Waals surface area contributed by atoms with Gasteiger partial charge in [0.2, 0.25) is 21.6 Å². The first-order chi connectivity index (χ1) is 13.3. The second kappa shape index (κ2) is 6.40. The minimum atomic E-state index is -3.84. The van der Waals surface area contributed by atoms with Gasteiger partial charge in [-0.15, -0.1) is 0 Å². The average molecular weight is 392 g/mol. The lowest BCUT2D eigenvalue weighted by atomic mass is 9.84. The number of rotatable bonds is 4. The molecule has 0 saturated heterocycles. The monoisotopic (exact) mass is 392 g/mol. The lowest BCUT2D eigenvalue weighted by molar-refractivity contribution is 0.0818. The molecule has 0 bridgehead atoms. The molecule has 0 unspecified atom stereocenters. The zero-order chi connectivity index (χ0) is 19.9. The van der Waals surface area contributed by atoms with Crippen LogP contribution in [0, 0.1) is 0 Å². The van der Waals surface area contributed by atoms with Gasteiger partial charge in [0.25, 0.3) is 0 Å². The van der Waals surface area contributed by atoms with Crippen molar-refractivity contribution >= 4 is 27.3 Å². The third kappa shape index (κ3) is 2.72. The first kappa shape index (κ1) is 18.1. The van der Waals surface area contributed by atoms with E-state index in [1.54, 1.807) is 54.6 Å². The molecule has 1 aliphatic rings. The highest BCUT2D eigenvalue weighted by molar-refractivity contribution is 7.89. The second-order valence-corrected chi connectivity index (χ2v) is 8.08. The summed E-state index contributed by atoms with van der Waals surface area (Å²) in [5.74, 6) is -0.704. The number of carbonyl (C=O) groups is 2. The van der Waals surface area contributed by atoms with Crippen LogP contribution in [0.4, 0.5) is 5.69 Å². The summed E-state index contributed by atoms with van der Waals surface area (Å²) in [4.78, 5) is 26.7. The van der Waals surface area contributed by atoms with Gasteiger partial charge in [0, 0.05) is 16.8 Å². The molecule has 3 aromatic rings. The summed E-state index contributed by atoms with van der Waals surface area (Å²) >= 11 is 0. The van der Waals surface area contributed by atoms with Gasteiger partial charge in [0.05, 0.1) is 4.90 Å². The van der Waals surface area contributed by atoms with Gasteiger partial charge in [-0.1, -0.05) is 54.6 Å². The van der Waals surface area contributed by atoms with Crippen LogP contribution in [-0.4, -0.2) is 20.0 Å². The molecule has 140 valence electrons. The van der Waals surface area contributed by atoms with Gasteiger partial charge >= 0.3 is 0 Å². The Kier molecular flexibility index (Phi) is 4.14. The molecular formula is C21H16N2O4S.